The first-order valence-corrected chi connectivity index (χ1v) is 9.95. The molecule has 2 aromatic heterocycles. The first kappa shape index (κ1) is 18.1. The number of carbonyl (C=O) groups is 1. The van der Waals surface area contributed by atoms with Crippen LogP contribution in [0.1, 0.15) is 36.2 Å². The van der Waals surface area contributed by atoms with Gasteiger partial charge in [-0.2, -0.15) is 5.10 Å². The zero-order valence-electron chi connectivity index (χ0n) is 15.4. The SMILES string of the molecule is CCN1CCC[C@@H](CN(C)C(=O)Cc2cccs2)[C@@H]1c1cnn(C)c1. The summed E-state index contributed by atoms with van der Waals surface area (Å²) >= 11 is 1.65. The van der Waals surface area contributed by atoms with Gasteiger partial charge in [-0.3, -0.25) is 14.4 Å². The molecule has 0 bridgehead atoms. The lowest BCUT2D eigenvalue weighted by Gasteiger charge is -2.42. The Morgan fingerprint density at radius 3 is 2.96 bits per heavy atom. The van der Waals surface area contributed by atoms with Crippen LogP contribution in [0.5, 0.6) is 0 Å². The van der Waals surface area contributed by atoms with Crippen molar-refractivity contribution in [2.45, 2.75) is 32.2 Å². The summed E-state index contributed by atoms with van der Waals surface area (Å²) in [6.07, 6.45) is 6.98. The third kappa shape index (κ3) is 4.30. The Morgan fingerprint density at radius 1 is 1.48 bits per heavy atom. The standard InChI is InChI=1S/C19H28N4OS/c1-4-23-9-5-7-15(19(23)16-12-20-22(3)14-16)13-21(2)18(24)11-17-8-6-10-25-17/h6,8,10,12,14-15,19H,4-5,7,9,11,13H2,1-3H3/t15-,19+/m0/s1. The van der Waals surface area contributed by atoms with Gasteiger partial charge in [-0.05, 0) is 43.3 Å². The van der Waals surface area contributed by atoms with Gasteiger partial charge in [-0.15, -0.1) is 11.3 Å². The van der Waals surface area contributed by atoms with Crippen LogP contribution in [0, 0.1) is 5.92 Å². The van der Waals surface area contributed by atoms with Gasteiger partial charge in [0, 0.05) is 43.3 Å². The van der Waals surface area contributed by atoms with E-state index < -0.39 is 0 Å². The summed E-state index contributed by atoms with van der Waals surface area (Å²) < 4.78 is 1.88. The van der Waals surface area contributed by atoms with Crippen LogP contribution in [0.3, 0.4) is 0 Å². The average Bonchev–Trinajstić information content (AvgIpc) is 3.26. The highest BCUT2D eigenvalue weighted by atomic mass is 32.1. The molecular formula is C19H28N4OS. The topological polar surface area (TPSA) is 41.4 Å². The normalized spacial score (nSPS) is 21.4. The number of hydrogen-bond acceptors (Lipinski definition) is 4. The van der Waals surface area contributed by atoms with E-state index in [1.807, 2.05) is 47.4 Å². The van der Waals surface area contributed by atoms with E-state index in [-0.39, 0.29) is 5.91 Å². The number of likely N-dealkylation sites (tertiary alicyclic amines) is 1. The van der Waals surface area contributed by atoms with Crippen LogP contribution < -0.4 is 0 Å². The zero-order valence-corrected chi connectivity index (χ0v) is 16.2. The summed E-state index contributed by atoms with van der Waals surface area (Å²) in [7, 11) is 3.91. The van der Waals surface area contributed by atoms with Gasteiger partial charge in [0.05, 0.1) is 12.6 Å². The lowest BCUT2D eigenvalue weighted by atomic mass is 9.85. The largest absolute Gasteiger partial charge is 0.345 e. The summed E-state index contributed by atoms with van der Waals surface area (Å²) in [6.45, 7) is 5.18. The number of hydrogen-bond donors (Lipinski definition) is 0. The van der Waals surface area contributed by atoms with Crippen molar-refractivity contribution in [3.8, 4) is 0 Å². The van der Waals surface area contributed by atoms with Gasteiger partial charge < -0.3 is 4.90 Å². The van der Waals surface area contributed by atoms with Gasteiger partial charge in [-0.1, -0.05) is 13.0 Å². The van der Waals surface area contributed by atoms with E-state index in [9.17, 15) is 4.79 Å². The number of nitrogens with zero attached hydrogens (tertiary/aromatic N) is 4. The van der Waals surface area contributed by atoms with Gasteiger partial charge in [0.25, 0.3) is 0 Å². The molecule has 25 heavy (non-hydrogen) atoms. The number of likely N-dealkylation sites (N-methyl/N-ethyl adjacent to an activating group) is 1. The molecule has 136 valence electrons. The number of rotatable bonds is 6. The Hall–Kier alpha value is -1.66. The Bertz CT molecular complexity index is 681. The van der Waals surface area contributed by atoms with Crippen LogP contribution in [0.25, 0.3) is 0 Å². The van der Waals surface area contributed by atoms with Crippen LogP contribution in [-0.2, 0) is 18.3 Å². The van der Waals surface area contributed by atoms with E-state index in [4.69, 9.17) is 0 Å². The summed E-state index contributed by atoms with van der Waals surface area (Å²) in [6, 6.07) is 4.39. The average molecular weight is 361 g/mol. The second-order valence-electron chi connectivity index (χ2n) is 6.95. The molecule has 3 heterocycles. The smallest absolute Gasteiger partial charge is 0.227 e. The molecule has 2 atom stereocenters. The summed E-state index contributed by atoms with van der Waals surface area (Å²) in [4.78, 5) is 18.2. The quantitative estimate of drug-likeness (QED) is 0.795. The predicted molar refractivity (Wildman–Crippen MR) is 102 cm³/mol. The Morgan fingerprint density at radius 2 is 2.32 bits per heavy atom. The Balaban J connectivity index is 1.70. The predicted octanol–water partition coefficient (Wildman–Crippen LogP) is 2.96. The molecule has 0 unspecified atom stereocenters. The van der Waals surface area contributed by atoms with E-state index in [2.05, 4.69) is 23.1 Å². The van der Waals surface area contributed by atoms with Crippen molar-refractivity contribution in [3.05, 3.63) is 40.3 Å². The molecule has 1 saturated heterocycles. The molecule has 0 aliphatic carbocycles. The molecule has 6 heteroatoms. The van der Waals surface area contributed by atoms with Crippen LogP contribution in [0.15, 0.2) is 29.9 Å². The molecular weight excluding hydrogens is 332 g/mol. The molecule has 3 rings (SSSR count). The van der Waals surface area contributed by atoms with E-state index in [1.165, 1.54) is 12.0 Å². The maximum atomic E-state index is 12.6. The third-order valence-corrected chi connectivity index (χ3v) is 6.05. The van der Waals surface area contributed by atoms with Crippen molar-refractivity contribution in [2.24, 2.45) is 13.0 Å². The number of aryl methyl sites for hydroxylation is 1. The van der Waals surface area contributed by atoms with Crippen molar-refractivity contribution >= 4 is 17.2 Å². The molecule has 2 aromatic rings. The van der Waals surface area contributed by atoms with Gasteiger partial charge in [0.15, 0.2) is 0 Å². The van der Waals surface area contributed by atoms with Crippen molar-refractivity contribution in [1.82, 2.24) is 19.6 Å². The van der Waals surface area contributed by atoms with Gasteiger partial charge >= 0.3 is 0 Å². The molecule has 0 saturated carbocycles. The molecule has 1 aliphatic rings. The maximum absolute atomic E-state index is 12.6. The number of amides is 1. The van der Waals surface area contributed by atoms with Crippen LogP contribution >= 0.6 is 11.3 Å². The number of carbonyl (C=O) groups excluding carboxylic acids is 1. The van der Waals surface area contributed by atoms with Crippen molar-refractivity contribution in [1.29, 1.82) is 0 Å². The minimum atomic E-state index is 0.209. The summed E-state index contributed by atoms with van der Waals surface area (Å²) in [5.74, 6) is 0.663. The van der Waals surface area contributed by atoms with Crippen molar-refractivity contribution < 1.29 is 4.79 Å². The fraction of sp³-hybridized carbons (Fsp3) is 0.579. The van der Waals surface area contributed by atoms with Crippen LogP contribution in [0.2, 0.25) is 0 Å². The van der Waals surface area contributed by atoms with Crippen LogP contribution in [-0.4, -0.2) is 52.2 Å². The minimum Gasteiger partial charge on any atom is -0.345 e. The van der Waals surface area contributed by atoms with E-state index >= 15 is 0 Å². The van der Waals surface area contributed by atoms with E-state index in [1.54, 1.807) is 11.3 Å². The lowest BCUT2D eigenvalue weighted by Crippen LogP contribution is -2.44. The lowest BCUT2D eigenvalue weighted by molar-refractivity contribution is -0.130. The van der Waals surface area contributed by atoms with Crippen molar-refractivity contribution in [2.75, 3.05) is 26.7 Å². The molecule has 1 amide bonds. The number of piperidine rings is 1. The highest BCUT2D eigenvalue weighted by Gasteiger charge is 2.33. The maximum Gasteiger partial charge on any atom is 0.227 e. The fourth-order valence-electron chi connectivity index (χ4n) is 3.92. The molecule has 5 nitrogen and oxygen atoms in total. The zero-order chi connectivity index (χ0) is 17.8. The number of thiophene rings is 1. The first-order valence-electron chi connectivity index (χ1n) is 9.07. The molecule has 0 spiro atoms. The second-order valence-corrected chi connectivity index (χ2v) is 7.99. The Kier molecular flexibility index (Phi) is 5.91. The molecule has 0 radical (unpaired) electrons. The molecule has 0 aromatic carbocycles. The second kappa shape index (κ2) is 8.15. The highest BCUT2D eigenvalue weighted by Crippen LogP contribution is 2.36. The Labute approximate surface area is 154 Å². The fourth-order valence-corrected chi connectivity index (χ4v) is 4.62. The minimum absolute atomic E-state index is 0.209. The van der Waals surface area contributed by atoms with E-state index in [0.29, 0.717) is 18.4 Å². The van der Waals surface area contributed by atoms with Crippen LogP contribution in [0.4, 0.5) is 0 Å². The third-order valence-electron chi connectivity index (χ3n) is 5.17. The molecule has 1 fully saturated rings. The van der Waals surface area contributed by atoms with Gasteiger partial charge in [0.1, 0.15) is 0 Å². The van der Waals surface area contributed by atoms with E-state index in [0.717, 1.165) is 30.9 Å². The summed E-state index contributed by atoms with van der Waals surface area (Å²) in [5.41, 5.74) is 1.27. The first-order chi connectivity index (χ1) is 12.1. The van der Waals surface area contributed by atoms with Gasteiger partial charge in [-0.25, -0.2) is 0 Å². The molecule has 0 N–H and O–H groups in total. The van der Waals surface area contributed by atoms with Gasteiger partial charge in [0.2, 0.25) is 5.91 Å². The monoisotopic (exact) mass is 360 g/mol. The van der Waals surface area contributed by atoms with Crippen molar-refractivity contribution in [3.63, 3.8) is 0 Å². The highest BCUT2D eigenvalue weighted by molar-refractivity contribution is 7.10. The summed E-state index contributed by atoms with van der Waals surface area (Å²) in [5, 5.41) is 6.40. The molecule has 1 aliphatic heterocycles. The number of aromatic nitrogens is 2.